The van der Waals surface area contributed by atoms with Gasteiger partial charge in [-0.2, -0.15) is 8.42 Å². The van der Waals surface area contributed by atoms with Crippen LogP contribution in [-0.2, 0) is 14.6 Å². The van der Waals surface area contributed by atoms with Crippen LogP contribution in [-0.4, -0.2) is 42.0 Å². The molecule has 0 amide bonds. The minimum Gasteiger partial charge on any atom is -0.393 e. The predicted octanol–water partition coefficient (Wildman–Crippen LogP) is 4.46. The highest BCUT2D eigenvalue weighted by atomic mass is 32.3. The molecule has 32 heavy (non-hydrogen) atoms. The number of fused-ring (bicyclic) bond motifs is 5. The van der Waals surface area contributed by atoms with E-state index in [4.69, 9.17) is 4.55 Å². The Labute approximate surface area is 194 Å². The second-order valence-electron chi connectivity index (χ2n) is 12.1. The quantitative estimate of drug-likeness (QED) is 0.493. The van der Waals surface area contributed by atoms with Crippen molar-refractivity contribution in [2.45, 2.75) is 97.7 Å². The molecule has 0 aliphatic heterocycles. The summed E-state index contributed by atoms with van der Waals surface area (Å²) in [7, 11) is -4.39. The molecule has 0 aromatic heterocycles. The average molecular weight is 473 g/mol. The van der Waals surface area contributed by atoms with Crippen LogP contribution in [0.2, 0.25) is 0 Å². The Hall–Kier alpha value is -0.210. The first-order chi connectivity index (χ1) is 14.9. The molecular formula is C25H44O6S. The summed E-state index contributed by atoms with van der Waals surface area (Å²) < 4.78 is 35.4. The second kappa shape index (κ2) is 8.78. The lowest BCUT2D eigenvalue weighted by molar-refractivity contribution is -0.203. The summed E-state index contributed by atoms with van der Waals surface area (Å²) in [5.74, 6) is 2.78. The minimum atomic E-state index is -4.39. The van der Waals surface area contributed by atoms with Gasteiger partial charge < -0.3 is 10.2 Å². The Morgan fingerprint density at radius 1 is 1.00 bits per heavy atom. The third-order valence-electron chi connectivity index (χ3n) is 11.0. The van der Waals surface area contributed by atoms with Gasteiger partial charge in [0.15, 0.2) is 0 Å². The molecule has 0 bridgehead atoms. The SMILES string of the molecule is CC[C@H]1[C@@H](O)C2[C@@H]3CC[C@H]([C@H](C)CCOS(=O)(=O)O)[C@@]3(C)CC[C@@H]2[C@@]2(C)CC[C@@H](O)C[C@@H]12. The van der Waals surface area contributed by atoms with Gasteiger partial charge in [0.2, 0.25) is 0 Å². The molecule has 4 saturated carbocycles. The van der Waals surface area contributed by atoms with Crippen molar-refractivity contribution in [1.82, 2.24) is 0 Å². The minimum absolute atomic E-state index is 0.0198. The number of hydrogen-bond acceptors (Lipinski definition) is 5. The fourth-order valence-corrected chi connectivity index (χ4v) is 9.78. The molecule has 0 heterocycles. The van der Waals surface area contributed by atoms with E-state index in [1.807, 2.05) is 0 Å². The fourth-order valence-electron chi connectivity index (χ4n) is 9.47. The Morgan fingerprint density at radius 3 is 2.31 bits per heavy atom. The fraction of sp³-hybridized carbons (Fsp3) is 1.00. The summed E-state index contributed by atoms with van der Waals surface area (Å²) in [5, 5.41) is 22.1. The molecule has 3 N–H and O–H groups in total. The van der Waals surface area contributed by atoms with E-state index in [9.17, 15) is 18.6 Å². The lowest BCUT2D eigenvalue weighted by atomic mass is 9.41. The van der Waals surface area contributed by atoms with Crippen molar-refractivity contribution >= 4 is 10.4 Å². The zero-order valence-electron chi connectivity index (χ0n) is 20.2. The largest absolute Gasteiger partial charge is 0.397 e. The van der Waals surface area contributed by atoms with Crippen LogP contribution in [0.15, 0.2) is 0 Å². The van der Waals surface area contributed by atoms with Gasteiger partial charge in [-0.1, -0.05) is 34.1 Å². The first-order valence-corrected chi connectivity index (χ1v) is 14.3. The van der Waals surface area contributed by atoms with Gasteiger partial charge in [0.1, 0.15) is 0 Å². The molecule has 186 valence electrons. The van der Waals surface area contributed by atoms with Crippen LogP contribution >= 0.6 is 0 Å². The molecule has 11 atom stereocenters. The summed E-state index contributed by atoms with van der Waals surface area (Å²) in [6, 6.07) is 0. The van der Waals surface area contributed by atoms with E-state index < -0.39 is 10.4 Å². The summed E-state index contributed by atoms with van der Waals surface area (Å²) in [6.07, 6.45) is 8.38. The summed E-state index contributed by atoms with van der Waals surface area (Å²) in [6.45, 7) is 9.28. The standard InChI is InChI=1S/C25H44O6S/c1-5-17-21-14-16(26)8-11-25(21,4)20-9-12-24(3)18(6-7-19(24)22(20)23(17)27)15(2)10-13-31-32(28,29)30/h15-23,26-27H,5-14H2,1-4H3,(H,28,29,30)/t15-,16-,17-,18-,19+,20+,21+,22?,23-,24-,25-/m1/s1. The smallest absolute Gasteiger partial charge is 0.393 e. The maximum Gasteiger partial charge on any atom is 0.397 e. The van der Waals surface area contributed by atoms with Gasteiger partial charge in [0.25, 0.3) is 0 Å². The van der Waals surface area contributed by atoms with E-state index in [1.165, 1.54) is 0 Å². The zero-order valence-corrected chi connectivity index (χ0v) is 21.1. The maximum atomic E-state index is 11.7. The van der Waals surface area contributed by atoms with Crippen molar-refractivity contribution in [1.29, 1.82) is 0 Å². The molecule has 4 aliphatic carbocycles. The van der Waals surface area contributed by atoms with E-state index in [0.29, 0.717) is 41.9 Å². The molecule has 0 radical (unpaired) electrons. The highest BCUT2D eigenvalue weighted by Gasteiger charge is 2.64. The number of aliphatic hydroxyl groups excluding tert-OH is 2. The highest BCUT2D eigenvalue weighted by Crippen LogP contribution is 2.69. The molecule has 4 fully saturated rings. The van der Waals surface area contributed by atoms with Gasteiger partial charge in [0.05, 0.1) is 18.8 Å². The van der Waals surface area contributed by atoms with Crippen molar-refractivity contribution in [3.8, 4) is 0 Å². The molecule has 0 aromatic rings. The molecule has 0 aromatic carbocycles. The first kappa shape index (κ1) is 24.9. The van der Waals surface area contributed by atoms with Gasteiger partial charge in [-0.15, -0.1) is 0 Å². The lowest BCUT2D eigenvalue weighted by Crippen LogP contribution is -2.62. The van der Waals surface area contributed by atoms with E-state index in [0.717, 1.165) is 51.4 Å². The summed E-state index contributed by atoms with van der Waals surface area (Å²) in [4.78, 5) is 0. The molecule has 4 aliphatic rings. The van der Waals surface area contributed by atoms with Crippen molar-refractivity contribution < 1.29 is 27.4 Å². The van der Waals surface area contributed by atoms with E-state index in [-0.39, 0.29) is 35.6 Å². The lowest BCUT2D eigenvalue weighted by Gasteiger charge is -2.64. The number of aliphatic hydroxyl groups is 2. The predicted molar refractivity (Wildman–Crippen MR) is 123 cm³/mol. The van der Waals surface area contributed by atoms with Gasteiger partial charge in [0, 0.05) is 0 Å². The van der Waals surface area contributed by atoms with E-state index >= 15 is 0 Å². The monoisotopic (exact) mass is 472 g/mol. The third-order valence-corrected chi connectivity index (χ3v) is 11.4. The zero-order chi connectivity index (χ0) is 23.5. The normalized spacial score (nSPS) is 49.7. The van der Waals surface area contributed by atoms with Gasteiger partial charge in [-0.05, 0) is 104 Å². The number of rotatable bonds is 6. The summed E-state index contributed by atoms with van der Waals surface area (Å²) >= 11 is 0. The Kier molecular flexibility index (Phi) is 6.83. The van der Waals surface area contributed by atoms with Crippen molar-refractivity contribution in [3.63, 3.8) is 0 Å². The molecule has 0 spiro atoms. The average Bonchev–Trinajstić information content (AvgIpc) is 3.06. The van der Waals surface area contributed by atoms with Crippen LogP contribution in [0.1, 0.15) is 85.5 Å². The maximum absolute atomic E-state index is 11.7. The highest BCUT2D eigenvalue weighted by molar-refractivity contribution is 7.80. The molecule has 1 unspecified atom stereocenters. The van der Waals surface area contributed by atoms with Crippen LogP contribution in [0.4, 0.5) is 0 Å². The van der Waals surface area contributed by atoms with Crippen molar-refractivity contribution in [3.05, 3.63) is 0 Å². The molecule has 7 heteroatoms. The van der Waals surface area contributed by atoms with Crippen LogP contribution in [0.25, 0.3) is 0 Å². The van der Waals surface area contributed by atoms with Crippen LogP contribution < -0.4 is 0 Å². The molecular weight excluding hydrogens is 428 g/mol. The molecule has 4 rings (SSSR count). The van der Waals surface area contributed by atoms with Gasteiger partial charge in [-0.3, -0.25) is 4.55 Å². The van der Waals surface area contributed by atoms with Crippen molar-refractivity contribution in [2.75, 3.05) is 6.61 Å². The van der Waals surface area contributed by atoms with E-state index in [2.05, 4.69) is 31.9 Å². The van der Waals surface area contributed by atoms with Crippen molar-refractivity contribution in [2.24, 2.45) is 52.3 Å². The molecule has 6 nitrogen and oxygen atoms in total. The first-order valence-electron chi connectivity index (χ1n) is 12.9. The van der Waals surface area contributed by atoms with Gasteiger partial charge >= 0.3 is 10.4 Å². The van der Waals surface area contributed by atoms with Crippen LogP contribution in [0.5, 0.6) is 0 Å². The van der Waals surface area contributed by atoms with Gasteiger partial charge in [-0.25, -0.2) is 4.18 Å². The van der Waals surface area contributed by atoms with Crippen LogP contribution in [0.3, 0.4) is 0 Å². The number of hydrogen-bond donors (Lipinski definition) is 3. The second-order valence-corrected chi connectivity index (χ2v) is 13.2. The third kappa shape index (κ3) is 4.08. The topological polar surface area (TPSA) is 104 Å². The van der Waals surface area contributed by atoms with E-state index in [1.54, 1.807) is 0 Å². The van der Waals surface area contributed by atoms with Crippen LogP contribution in [0, 0.1) is 52.3 Å². The summed E-state index contributed by atoms with van der Waals surface area (Å²) in [5.41, 5.74) is 0.355. The molecule has 0 saturated heterocycles. The Balaban J connectivity index is 1.56. The Morgan fingerprint density at radius 2 is 1.66 bits per heavy atom. The Bertz CT molecular complexity index is 785.